The number of ether oxygens (including phenoxy) is 2. The largest absolute Gasteiger partial charge is 0.387 e. The zero-order chi connectivity index (χ0) is 12.3. The number of benzene rings is 1. The highest BCUT2D eigenvalue weighted by atomic mass is 16.7. The third kappa shape index (κ3) is 3.02. The van der Waals surface area contributed by atoms with Crippen LogP contribution in [0.2, 0.25) is 0 Å². The maximum Gasteiger partial charge on any atom is 0.184 e. The lowest BCUT2D eigenvalue weighted by atomic mass is 10.1. The van der Waals surface area contributed by atoms with Crippen LogP contribution in [0.15, 0.2) is 30.3 Å². The predicted octanol–water partition coefficient (Wildman–Crippen LogP) is -0.358. The van der Waals surface area contributed by atoms with Gasteiger partial charge in [0.25, 0.3) is 0 Å². The molecule has 5 heteroatoms. The van der Waals surface area contributed by atoms with Crippen LogP contribution in [0.1, 0.15) is 5.56 Å². The minimum atomic E-state index is -1.34. The molecule has 0 saturated carbocycles. The fourth-order valence-corrected chi connectivity index (χ4v) is 1.73. The molecule has 0 aliphatic carbocycles. The van der Waals surface area contributed by atoms with E-state index in [9.17, 15) is 10.2 Å². The Morgan fingerprint density at radius 3 is 2.35 bits per heavy atom. The molecule has 0 aromatic heterocycles. The van der Waals surface area contributed by atoms with E-state index in [-0.39, 0.29) is 6.61 Å². The van der Waals surface area contributed by atoms with Gasteiger partial charge in [-0.1, -0.05) is 30.3 Å². The minimum absolute atomic E-state index is 0.129. The molecule has 3 N–H and O–H groups in total. The van der Waals surface area contributed by atoms with E-state index in [0.717, 1.165) is 5.56 Å². The zero-order valence-electron chi connectivity index (χ0n) is 9.27. The van der Waals surface area contributed by atoms with Crippen molar-refractivity contribution in [2.75, 3.05) is 6.61 Å². The summed E-state index contributed by atoms with van der Waals surface area (Å²) >= 11 is 0. The van der Waals surface area contributed by atoms with Crippen molar-refractivity contribution in [3.05, 3.63) is 35.9 Å². The molecule has 1 aliphatic heterocycles. The summed E-state index contributed by atoms with van der Waals surface area (Å²) in [5, 5.41) is 27.9. The van der Waals surface area contributed by atoms with Crippen molar-refractivity contribution in [2.24, 2.45) is 0 Å². The van der Waals surface area contributed by atoms with E-state index in [0.29, 0.717) is 6.61 Å². The third-order valence-corrected chi connectivity index (χ3v) is 2.73. The highest BCUT2D eigenvalue weighted by Crippen LogP contribution is 2.19. The van der Waals surface area contributed by atoms with Crippen LogP contribution in [0.4, 0.5) is 0 Å². The molecule has 1 saturated heterocycles. The van der Waals surface area contributed by atoms with Gasteiger partial charge in [-0.25, -0.2) is 0 Å². The van der Waals surface area contributed by atoms with Gasteiger partial charge < -0.3 is 24.8 Å². The van der Waals surface area contributed by atoms with Gasteiger partial charge in [0, 0.05) is 0 Å². The first kappa shape index (κ1) is 12.5. The van der Waals surface area contributed by atoms with Crippen molar-refractivity contribution in [1.82, 2.24) is 0 Å². The second kappa shape index (κ2) is 5.57. The molecule has 94 valence electrons. The average Bonchev–Trinajstić information content (AvgIpc) is 2.59. The molecular weight excluding hydrogens is 224 g/mol. The van der Waals surface area contributed by atoms with Gasteiger partial charge in [-0.2, -0.15) is 0 Å². The zero-order valence-corrected chi connectivity index (χ0v) is 9.27. The molecule has 17 heavy (non-hydrogen) atoms. The molecule has 1 aromatic carbocycles. The predicted molar refractivity (Wildman–Crippen MR) is 59.0 cm³/mol. The van der Waals surface area contributed by atoms with E-state index in [1.165, 1.54) is 0 Å². The molecule has 5 nitrogen and oxygen atoms in total. The number of hydrogen-bond donors (Lipinski definition) is 3. The monoisotopic (exact) mass is 240 g/mol. The summed E-state index contributed by atoms with van der Waals surface area (Å²) in [5.74, 6) is 0. The smallest absolute Gasteiger partial charge is 0.184 e. The lowest BCUT2D eigenvalue weighted by molar-refractivity contribution is -0.137. The van der Waals surface area contributed by atoms with Crippen LogP contribution >= 0.6 is 0 Å². The molecule has 1 heterocycles. The number of aliphatic hydroxyl groups is 3. The minimum Gasteiger partial charge on any atom is -0.387 e. The van der Waals surface area contributed by atoms with E-state index in [2.05, 4.69) is 0 Å². The summed E-state index contributed by atoms with van der Waals surface area (Å²) in [4.78, 5) is 0. The molecule has 1 aliphatic rings. The van der Waals surface area contributed by atoms with Crippen LogP contribution < -0.4 is 0 Å². The van der Waals surface area contributed by atoms with E-state index < -0.39 is 24.6 Å². The molecule has 2 rings (SSSR count). The van der Waals surface area contributed by atoms with Gasteiger partial charge in [-0.3, -0.25) is 0 Å². The van der Waals surface area contributed by atoms with Crippen LogP contribution in [-0.4, -0.2) is 46.5 Å². The van der Waals surface area contributed by atoms with Crippen molar-refractivity contribution in [3.63, 3.8) is 0 Å². The quantitative estimate of drug-likeness (QED) is 0.670. The Labute approximate surface area is 99.2 Å². The fraction of sp³-hybridized carbons (Fsp3) is 0.500. The first-order chi connectivity index (χ1) is 8.18. The van der Waals surface area contributed by atoms with Crippen molar-refractivity contribution in [3.8, 4) is 0 Å². The van der Waals surface area contributed by atoms with Crippen molar-refractivity contribution in [1.29, 1.82) is 0 Å². The maximum atomic E-state index is 9.51. The second-order valence-electron chi connectivity index (χ2n) is 4.05. The fourth-order valence-electron chi connectivity index (χ4n) is 1.73. The maximum absolute atomic E-state index is 9.51. The van der Waals surface area contributed by atoms with Gasteiger partial charge >= 0.3 is 0 Å². The highest BCUT2D eigenvalue weighted by molar-refractivity contribution is 5.13. The third-order valence-electron chi connectivity index (χ3n) is 2.73. The van der Waals surface area contributed by atoms with Gasteiger partial charge in [-0.15, -0.1) is 0 Å². The van der Waals surface area contributed by atoms with Crippen LogP contribution in [-0.2, 0) is 16.1 Å². The van der Waals surface area contributed by atoms with Gasteiger partial charge in [0.05, 0.1) is 13.2 Å². The van der Waals surface area contributed by atoms with E-state index in [4.69, 9.17) is 14.6 Å². The summed E-state index contributed by atoms with van der Waals surface area (Å²) in [6, 6.07) is 9.59. The van der Waals surface area contributed by atoms with Gasteiger partial charge in [-0.05, 0) is 5.56 Å². The summed E-state index contributed by atoms with van der Waals surface area (Å²) < 4.78 is 10.3. The van der Waals surface area contributed by atoms with Crippen molar-refractivity contribution >= 4 is 0 Å². The number of hydrogen-bond acceptors (Lipinski definition) is 5. The van der Waals surface area contributed by atoms with Gasteiger partial charge in [0.15, 0.2) is 6.29 Å². The van der Waals surface area contributed by atoms with Crippen LogP contribution in [0.5, 0.6) is 0 Å². The Morgan fingerprint density at radius 2 is 1.76 bits per heavy atom. The molecule has 0 unspecified atom stereocenters. The highest BCUT2D eigenvalue weighted by Gasteiger charge is 2.41. The second-order valence-corrected chi connectivity index (χ2v) is 4.05. The Bertz CT molecular complexity index is 342. The molecule has 0 spiro atoms. The Morgan fingerprint density at radius 1 is 1.06 bits per heavy atom. The van der Waals surface area contributed by atoms with Crippen molar-refractivity contribution in [2.45, 2.75) is 31.2 Å². The van der Waals surface area contributed by atoms with Crippen LogP contribution in [0.25, 0.3) is 0 Å². The lowest BCUT2D eigenvalue weighted by Crippen LogP contribution is -2.34. The van der Waals surface area contributed by atoms with Crippen LogP contribution in [0, 0.1) is 0 Å². The molecular formula is C12H16O5. The first-order valence-corrected chi connectivity index (χ1v) is 5.50. The van der Waals surface area contributed by atoms with Gasteiger partial charge in [0.1, 0.15) is 18.3 Å². The SMILES string of the molecule is O[C@@H]1[C@H](O)[C@H](O)O[C@@H]1COCc1ccccc1. The first-order valence-electron chi connectivity index (χ1n) is 5.50. The van der Waals surface area contributed by atoms with E-state index in [1.807, 2.05) is 30.3 Å². The summed E-state index contributed by atoms with van der Waals surface area (Å²) in [6.45, 7) is 0.532. The Hall–Kier alpha value is -0.980. The standard InChI is InChI=1S/C12H16O5/c13-10-9(17-12(15)11(10)14)7-16-6-8-4-2-1-3-5-8/h1-5,9-15H,6-7H2/t9-,10+,11+,12-/m1/s1. The number of rotatable bonds is 4. The topological polar surface area (TPSA) is 79.2 Å². The van der Waals surface area contributed by atoms with E-state index in [1.54, 1.807) is 0 Å². The number of aliphatic hydroxyl groups excluding tert-OH is 3. The van der Waals surface area contributed by atoms with Gasteiger partial charge in [0.2, 0.25) is 0 Å². The normalized spacial score (nSPS) is 32.9. The summed E-state index contributed by atoms with van der Waals surface area (Å²) in [6.07, 6.45) is -4.40. The average molecular weight is 240 g/mol. The summed E-state index contributed by atoms with van der Waals surface area (Å²) in [5.41, 5.74) is 1.01. The Balaban J connectivity index is 1.76. The van der Waals surface area contributed by atoms with Crippen LogP contribution in [0.3, 0.4) is 0 Å². The molecule has 4 atom stereocenters. The molecule has 1 fully saturated rings. The molecule has 0 radical (unpaired) electrons. The molecule has 0 amide bonds. The lowest BCUT2D eigenvalue weighted by Gasteiger charge is -2.14. The van der Waals surface area contributed by atoms with E-state index >= 15 is 0 Å². The molecule has 1 aromatic rings. The Kier molecular flexibility index (Phi) is 4.09. The molecule has 0 bridgehead atoms. The van der Waals surface area contributed by atoms with Crippen molar-refractivity contribution < 1.29 is 24.8 Å². The summed E-state index contributed by atoms with van der Waals surface area (Å²) in [7, 11) is 0.